The van der Waals surface area contributed by atoms with Gasteiger partial charge < -0.3 is 10.1 Å². The van der Waals surface area contributed by atoms with Crippen LogP contribution in [0.2, 0.25) is 0 Å². The van der Waals surface area contributed by atoms with E-state index in [1.54, 1.807) is 7.11 Å². The maximum Gasteiger partial charge on any atom is 0.251 e. The summed E-state index contributed by atoms with van der Waals surface area (Å²) in [6.45, 7) is 7.06. The van der Waals surface area contributed by atoms with Crippen LogP contribution in [-0.4, -0.2) is 37.6 Å². The SMILES string of the molecule is COc1ccc(C(CNC(=O)c2cccc(C)c2)N2CCC(C)CC2)cc1. The number of nitrogens with zero attached hydrogens (tertiary/aromatic N) is 1. The lowest BCUT2D eigenvalue weighted by Crippen LogP contribution is -2.42. The van der Waals surface area contributed by atoms with Gasteiger partial charge in [0.25, 0.3) is 5.91 Å². The van der Waals surface area contributed by atoms with E-state index in [1.165, 1.54) is 18.4 Å². The van der Waals surface area contributed by atoms with E-state index in [-0.39, 0.29) is 11.9 Å². The van der Waals surface area contributed by atoms with Gasteiger partial charge in [-0.1, -0.05) is 36.8 Å². The highest BCUT2D eigenvalue weighted by Gasteiger charge is 2.25. The molecule has 0 bridgehead atoms. The van der Waals surface area contributed by atoms with Crippen LogP contribution in [-0.2, 0) is 0 Å². The van der Waals surface area contributed by atoms with Crippen molar-refractivity contribution in [3.63, 3.8) is 0 Å². The molecule has 1 heterocycles. The number of hydrogen-bond acceptors (Lipinski definition) is 3. The first-order chi connectivity index (χ1) is 13.1. The molecule has 1 aliphatic heterocycles. The smallest absolute Gasteiger partial charge is 0.251 e. The number of methoxy groups -OCH3 is 1. The lowest BCUT2D eigenvalue weighted by Gasteiger charge is -2.37. The summed E-state index contributed by atoms with van der Waals surface area (Å²) in [6, 6.07) is 16.1. The summed E-state index contributed by atoms with van der Waals surface area (Å²) >= 11 is 0. The van der Waals surface area contributed by atoms with Gasteiger partial charge in [-0.25, -0.2) is 0 Å². The van der Waals surface area contributed by atoms with E-state index in [0.717, 1.165) is 35.9 Å². The Hall–Kier alpha value is -2.33. The zero-order valence-corrected chi connectivity index (χ0v) is 16.6. The predicted molar refractivity (Wildman–Crippen MR) is 109 cm³/mol. The molecule has 0 aliphatic carbocycles. The molecule has 3 rings (SSSR count). The van der Waals surface area contributed by atoms with Crippen LogP contribution >= 0.6 is 0 Å². The number of aryl methyl sites for hydroxylation is 1. The van der Waals surface area contributed by atoms with Crippen LogP contribution < -0.4 is 10.1 Å². The summed E-state index contributed by atoms with van der Waals surface area (Å²) in [5.74, 6) is 1.62. The molecule has 1 amide bonds. The Morgan fingerprint density at radius 2 is 1.89 bits per heavy atom. The van der Waals surface area contributed by atoms with Crippen molar-refractivity contribution >= 4 is 5.91 Å². The van der Waals surface area contributed by atoms with E-state index in [4.69, 9.17) is 4.74 Å². The quantitative estimate of drug-likeness (QED) is 0.833. The maximum atomic E-state index is 12.6. The minimum absolute atomic E-state index is 0.0115. The number of hydrogen-bond donors (Lipinski definition) is 1. The zero-order valence-electron chi connectivity index (χ0n) is 16.6. The first kappa shape index (κ1) is 19.4. The van der Waals surface area contributed by atoms with Crippen LogP contribution in [0.1, 0.15) is 47.3 Å². The lowest BCUT2D eigenvalue weighted by atomic mass is 9.95. The van der Waals surface area contributed by atoms with E-state index >= 15 is 0 Å². The van der Waals surface area contributed by atoms with Gasteiger partial charge in [0.2, 0.25) is 0 Å². The summed E-state index contributed by atoms with van der Waals surface area (Å²) in [5.41, 5.74) is 3.03. The van der Waals surface area contributed by atoms with Gasteiger partial charge in [0.15, 0.2) is 0 Å². The minimum Gasteiger partial charge on any atom is -0.497 e. The van der Waals surface area contributed by atoms with Crippen molar-refractivity contribution in [3.8, 4) is 5.75 Å². The number of ether oxygens (including phenoxy) is 1. The van der Waals surface area contributed by atoms with E-state index in [1.807, 2.05) is 43.3 Å². The Kier molecular flexibility index (Phi) is 6.51. The van der Waals surface area contributed by atoms with Crippen molar-refractivity contribution in [2.45, 2.75) is 32.7 Å². The normalized spacial score (nSPS) is 16.7. The Balaban J connectivity index is 1.73. The molecule has 0 aromatic heterocycles. The van der Waals surface area contributed by atoms with Crippen LogP contribution in [0, 0.1) is 12.8 Å². The van der Waals surface area contributed by atoms with Crippen LogP contribution in [0.4, 0.5) is 0 Å². The van der Waals surface area contributed by atoms with Crippen molar-refractivity contribution in [2.24, 2.45) is 5.92 Å². The highest BCUT2D eigenvalue weighted by atomic mass is 16.5. The van der Waals surface area contributed by atoms with Gasteiger partial charge in [-0.3, -0.25) is 9.69 Å². The second-order valence-corrected chi connectivity index (χ2v) is 7.59. The number of amides is 1. The number of carbonyl (C=O) groups is 1. The van der Waals surface area contributed by atoms with Gasteiger partial charge in [-0.05, 0) is 68.6 Å². The largest absolute Gasteiger partial charge is 0.497 e. The van der Waals surface area contributed by atoms with Crippen LogP contribution in [0.5, 0.6) is 5.75 Å². The molecule has 144 valence electrons. The molecular formula is C23H30N2O2. The second kappa shape index (κ2) is 9.05. The molecule has 0 spiro atoms. The predicted octanol–water partition coefficient (Wildman–Crippen LogP) is 4.21. The van der Waals surface area contributed by atoms with E-state index in [0.29, 0.717) is 6.54 Å². The molecule has 1 fully saturated rings. The van der Waals surface area contributed by atoms with E-state index in [9.17, 15) is 4.79 Å². The van der Waals surface area contributed by atoms with Crippen LogP contribution in [0.15, 0.2) is 48.5 Å². The molecule has 27 heavy (non-hydrogen) atoms. The zero-order chi connectivity index (χ0) is 19.2. The molecule has 1 N–H and O–H groups in total. The molecule has 1 aliphatic rings. The summed E-state index contributed by atoms with van der Waals surface area (Å²) in [7, 11) is 1.68. The fourth-order valence-corrected chi connectivity index (χ4v) is 3.70. The summed E-state index contributed by atoms with van der Waals surface area (Å²) in [5, 5.41) is 3.15. The second-order valence-electron chi connectivity index (χ2n) is 7.59. The van der Waals surface area contributed by atoms with E-state index < -0.39 is 0 Å². The van der Waals surface area contributed by atoms with Crippen molar-refractivity contribution < 1.29 is 9.53 Å². The lowest BCUT2D eigenvalue weighted by molar-refractivity contribution is 0.0913. The monoisotopic (exact) mass is 366 g/mol. The molecule has 0 saturated carbocycles. The molecule has 2 aromatic carbocycles. The Morgan fingerprint density at radius 1 is 1.19 bits per heavy atom. The standard InChI is InChI=1S/C23H30N2O2/c1-17-11-13-25(14-12-17)22(19-7-9-21(27-3)10-8-19)16-24-23(26)20-6-4-5-18(2)15-20/h4-10,15,17,22H,11-14,16H2,1-3H3,(H,24,26). The number of rotatable bonds is 6. The Morgan fingerprint density at radius 3 is 2.52 bits per heavy atom. The van der Waals surface area contributed by atoms with Crippen LogP contribution in [0.25, 0.3) is 0 Å². The summed E-state index contributed by atoms with van der Waals surface area (Å²) < 4.78 is 5.29. The topological polar surface area (TPSA) is 41.6 Å². The van der Waals surface area contributed by atoms with E-state index in [2.05, 4.69) is 29.3 Å². The number of likely N-dealkylation sites (tertiary alicyclic amines) is 1. The number of piperidine rings is 1. The molecule has 4 nitrogen and oxygen atoms in total. The van der Waals surface area contributed by atoms with Gasteiger partial charge in [0, 0.05) is 12.1 Å². The van der Waals surface area contributed by atoms with Crippen molar-refractivity contribution in [1.82, 2.24) is 10.2 Å². The number of nitrogens with one attached hydrogen (secondary N) is 1. The average Bonchev–Trinajstić information content (AvgIpc) is 2.69. The first-order valence-electron chi connectivity index (χ1n) is 9.79. The first-order valence-corrected chi connectivity index (χ1v) is 9.79. The Bertz CT molecular complexity index is 749. The molecule has 0 radical (unpaired) electrons. The van der Waals surface area contributed by atoms with Crippen molar-refractivity contribution in [3.05, 3.63) is 65.2 Å². The van der Waals surface area contributed by atoms with Gasteiger partial charge in [0.05, 0.1) is 13.2 Å². The summed E-state index contributed by atoms with van der Waals surface area (Å²) in [6.07, 6.45) is 2.41. The maximum absolute atomic E-state index is 12.6. The third-order valence-corrected chi connectivity index (χ3v) is 5.50. The van der Waals surface area contributed by atoms with Crippen molar-refractivity contribution in [2.75, 3.05) is 26.7 Å². The van der Waals surface area contributed by atoms with Gasteiger partial charge >= 0.3 is 0 Å². The number of benzene rings is 2. The third kappa shape index (κ3) is 5.10. The molecule has 2 aromatic rings. The van der Waals surface area contributed by atoms with Crippen molar-refractivity contribution in [1.29, 1.82) is 0 Å². The molecule has 1 atom stereocenters. The van der Waals surface area contributed by atoms with Crippen LogP contribution in [0.3, 0.4) is 0 Å². The number of carbonyl (C=O) groups excluding carboxylic acids is 1. The average molecular weight is 367 g/mol. The van der Waals surface area contributed by atoms with Gasteiger partial charge in [-0.2, -0.15) is 0 Å². The fourth-order valence-electron chi connectivity index (χ4n) is 3.70. The van der Waals surface area contributed by atoms with Gasteiger partial charge in [0.1, 0.15) is 5.75 Å². The van der Waals surface area contributed by atoms with Gasteiger partial charge in [-0.15, -0.1) is 0 Å². The summed E-state index contributed by atoms with van der Waals surface area (Å²) in [4.78, 5) is 15.1. The molecular weight excluding hydrogens is 336 g/mol. The Labute approximate surface area is 162 Å². The molecule has 1 unspecified atom stereocenters. The molecule has 4 heteroatoms. The fraction of sp³-hybridized carbons (Fsp3) is 0.435. The minimum atomic E-state index is -0.0115. The molecule has 1 saturated heterocycles. The highest BCUT2D eigenvalue weighted by molar-refractivity contribution is 5.94. The third-order valence-electron chi connectivity index (χ3n) is 5.50. The highest BCUT2D eigenvalue weighted by Crippen LogP contribution is 2.27.